The Morgan fingerprint density at radius 1 is 1.35 bits per heavy atom. The molecular weight excluding hydrogens is 326 g/mol. The number of benzene rings is 1. The van der Waals surface area contributed by atoms with Crippen molar-refractivity contribution in [2.45, 2.75) is 65.3 Å². The maximum Gasteiger partial charge on any atom is 0.339 e. The van der Waals surface area contributed by atoms with E-state index in [-0.39, 0.29) is 17.4 Å². The molecule has 4 unspecified atom stereocenters. The van der Waals surface area contributed by atoms with Gasteiger partial charge in [-0.15, -0.1) is 0 Å². The lowest BCUT2D eigenvalue weighted by atomic mass is 9.58. The summed E-state index contributed by atoms with van der Waals surface area (Å²) < 4.78 is 1.18. The van der Waals surface area contributed by atoms with Crippen LogP contribution in [0.15, 0.2) is 28.5 Å². The van der Waals surface area contributed by atoms with Gasteiger partial charge in [-0.1, -0.05) is 42.1 Å². The smallest absolute Gasteiger partial charge is 0.339 e. The zero-order valence-corrected chi connectivity index (χ0v) is 15.9. The van der Waals surface area contributed by atoms with E-state index in [1.807, 2.05) is 0 Å². The van der Waals surface area contributed by atoms with E-state index >= 15 is 0 Å². The lowest BCUT2D eigenvalue weighted by Crippen LogP contribution is -2.45. The number of hydrogen-bond donors (Lipinski definition) is 1. The highest BCUT2D eigenvalue weighted by atomic mass is 16.5. The molecule has 0 radical (unpaired) electrons. The topological polar surface area (TPSA) is 65.0 Å². The molecule has 2 heterocycles. The van der Waals surface area contributed by atoms with E-state index in [4.69, 9.17) is 4.99 Å². The summed E-state index contributed by atoms with van der Waals surface area (Å²) in [4.78, 5) is 17.5. The fourth-order valence-electron chi connectivity index (χ4n) is 5.44. The van der Waals surface area contributed by atoms with Crippen LogP contribution in [0, 0.1) is 31.1 Å². The first-order chi connectivity index (χ1) is 12.5. The van der Waals surface area contributed by atoms with Gasteiger partial charge in [0.2, 0.25) is 0 Å². The number of carbonyl (C=O) groups excluding carboxylic acids is 1. The van der Waals surface area contributed by atoms with Crippen molar-refractivity contribution < 1.29 is 14.7 Å². The van der Waals surface area contributed by atoms with Gasteiger partial charge in [0, 0.05) is 12.0 Å². The van der Waals surface area contributed by atoms with Crippen LogP contribution in [-0.4, -0.2) is 21.6 Å². The first kappa shape index (κ1) is 17.4. The zero-order valence-electron chi connectivity index (χ0n) is 15.9. The average molecular weight is 354 g/mol. The molecule has 1 saturated carbocycles. The van der Waals surface area contributed by atoms with E-state index in [0.717, 1.165) is 31.6 Å². The van der Waals surface area contributed by atoms with Gasteiger partial charge in [0.05, 0.1) is 11.8 Å². The van der Waals surface area contributed by atoms with E-state index in [0.29, 0.717) is 18.2 Å². The number of nitrogens with zero attached hydrogens (tertiary/aromatic N) is 3. The van der Waals surface area contributed by atoms with Crippen LogP contribution in [0.2, 0.25) is 0 Å². The van der Waals surface area contributed by atoms with Gasteiger partial charge in [-0.05, 0) is 55.2 Å². The summed E-state index contributed by atoms with van der Waals surface area (Å²) in [5.41, 5.74) is 3.48. The van der Waals surface area contributed by atoms with Gasteiger partial charge >= 0.3 is 11.7 Å². The third-order valence-electron chi connectivity index (χ3n) is 6.99. The summed E-state index contributed by atoms with van der Waals surface area (Å²) in [6, 6.07) is 6.53. The summed E-state index contributed by atoms with van der Waals surface area (Å²) in [6.07, 6.45) is 5.87. The molecule has 26 heavy (non-hydrogen) atoms. The molecular formula is C21H28N3O2+. The number of amidine groups is 1. The summed E-state index contributed by atoms with van der Waals surface area (Å²) in [7, 11) is 0. The van der Waals surface area contributed by atoms with Crippen LogP contribution in [0.25, 0.3) is 0 Å². The maximum absolute atomic E-state index is 12.5. The molecule has 1 aromatic rings. The standard InChI is InChI=1S/C21H27N3O2/c1-4-15-7-8-21-12-19(25)24(23-26)20(21)22-18(11-16(21)10-15)17-9-13(2)5-6-14(17)3/h5-6,9,15-16,18H,4,7-8,10-12H2,1-3H3/p+1. The molecule has 1 spiro atoms. The predicted octanol–water partition coefficient (Wildman–Crippen LogP) is 4.74. The van der Waals surface area contributed by atoms with Crippen molar-refractivity contribution in [3.63, 3.8) is 0 Å². The van der Waals surface area contributed by atoms with E-state index < -0.39 is 0 Å². The molecule has 5 nitrogen and oxygen atoms in total. The second-order valence-corrected chi connectivity index (χ2v) is 8.44. The summed E-state index contributed by atoms with van der Waals surface area (Å²) in [6.45, 7) is 6.49. The van der Waals surface area contributed by atoms with Gasteiger partial charge in [-0.25, -0.2) is 4.79 Å². The fraction of sp³-hybridized carbons (Fsp3) is 0.619. The summed E-state index contributed by atoms with van der Waals surface area (Å²) >= 11 is 0. The Hall–Kier alpha value is -2.04. The molecule has 1 amide bonds. The lowest BCUT2D eigenvalue weighted by molar-refractivity contribution is -0.433. The molecule has 2 fully saturated rings. The van der Waals surface area contributed by atoms with Gasteiger partial charge in [-0.2, -0.15) is 0 Å². The summed E-state index contributed by atoms with van der Waals surface area (Å²) in [5.74, 6) is 1.74. The van der Waals surface area contributed by atoms with Crippen LogP contribution in [-0.2, 0) is 4.79 Å². The van der Waals surface area contributed by atoms with Crippen molar-refractivity contribution in [3.8, 4) is 0 Å². The highest BCUT2D eigenvalue weighted by Crippen LogP contribution is 2.57. The largest absolute Gasteiger partial charge is 0.379 e. The third kappa shape index (κ3) is 2.51. The Bertz CT molecular complexity index is 813. The predicted molar refractivity (Wildman–Crippen MR) is 98.4 cm³/mol. The van der Waals surface area contributed by atoms with Crippen molar-refractivity contribution in [2.75, 3.05) is 0 Å². The Morgan fingerprint density at radius 2 is 2.15 bits per heavy atom. The van der Waals surface area contributed by atoms with Crippen LogP contribution in [0.4, 0.5) is 0 Å². The molecule has 5 heteroatoms. The van der Waals surface area contributed by atoms with Gasteiger partial charge in [0.1, 0.15) is 5.28 Å². The van der Waals surface area contributed by atoms with Crippen molar-refractivity contribution >= 4 is 11.7 Å². The molecule has 4 atom stereocenters. The molecule has 3 aliphatic rings. The molecule has 2 aliphatic heterocycles. The normalized spacial score (nSPS) is 35.2. The van der Waals surface area contributed by atoms with Crippen molar-refractivity contribution in [1.29, 1.82) is 0 Å². The number of aliphatic imine (C=N–C) groups is 1. The second-order valence-electron chi connectivity index (χ2n) is 8.44. The first-order valence-electron chi connectivity index (χ1n) is 9.82. The summed E-state index contributed by atoms with van der Waals surface area (Å²) in [5, 5.41) is 12.8. The SMILES string of the molecule is CCC1CCC23CC(=O)[N+](=NO)C2=NC(c2cc(C)ccc2C)CC3C1. The first-order valence-corrected chi connectivity index (χ1v) is 9.82. The van der Waals surface area contributed by atoms with Crippen LogP contribution in [0.5, 0.6) is 0 Å². The highest BCUT2D eigenvalue weighted by molar-refractivity contribution is 5.97. The van der Waals surface area contributed by atoms with Gasteiger partial charge < -0.3 is 5.21 Å². The Morgan fingerprint density at radius 3 is 2.88 bits per heavy atom. The maximum atomic E-state index is 12.5. The second kappa shape index (κ2) is 6.29. The van der Waals surface area contributed by atoms with Gasteiger partial charge in [0.15, 0.2) is 6.04 Å². The number of amides is 1. The Balaban J connectivity index is 1.82. The van der Waals surface area contributed by atoms with Gasteiger partial charge in [-0.3, -0.25) is 0 Å². The number of carbonyl (C=O) groups is 1. The minimum absolute atomic E-state index is 0.0359. The van der Waals surface area contributed by atoms with Crippen LogP contribution in [0.1, 0.15) is 68.2 Å². The minimum Gasteiger partial charge on any atom is -0.379 e. The number of aryl methyl sites for hydroxylation is 2. The van der Waals surface area contributed by atoms with E-state index in [1.54, 1.807) is 0 Å². The monoisotopic (exact) mass is 354 g/mol. The van der Waals surface area contributed by atoms with Crippen molar-refractivity contribution in [2.24, 2.45) is 27.5 Å². The molecule has 1 N–H and O–H groups in total. The molecule has 4 rings (SSSR count). The van der Waals surface area contributed by atoms with Crippen LogP contribution < -0.4 is 0 Å². The quantitative estimate of drug-likeness (QED) is 0.615. The van der Waals surface area contributed by atoms with E-state index in [9.17, 15) is 10.0 Å². The van der Waals surface area contributed by atoms with E-state index in [2.05, 4.69) is 44.2 Å². The number of hydrogen-bond acceptors (Lipinski definition) is 3. The Kier molecular flexibility index (Phi) is 4.20. The molecule has 1 saturated heterocycles. The molecule has 1 aliphatic carbocycles. The molecule has 1 aromatic carbocycles. The van der Waals surface area contributed by atoms with Gasteiger partial charge in [0.25, 0.3) is 0 Å². The third-order valence-corrected chi connectivity index (χ3v) is 6.99. The lowest BCUT2D eigenvalue weighted by Gasteiger charge is -2.43. The fourth-order valence-corrected chi connectivity index (χ4v) is 5.44. The highest BCUT2D eigenvalue weighted by Gasteiger charge is 2.64. The molecule has 138 valence electrons. The Labute approximate surface area is 154 Å². The molecule has 0 bridgehead atoms. The van der Waals surface area contributed by atoms with Crippen molar-refractivity contribution in [1.82, 2.24) is 0 Å². The number of rotatable bonds is 2. The average Bonchev–Trinajstić information content (AvgIpc) is 2.92. The zero-order chi connectivity index (χ0) is 18.5. The van der Waals surface area contributed by atoms with Crippen LogP contribution >= 0.6 is 0 Å². The minimum atomic E-state index is -0.219. The van der Waals surface area contributed by atoms with Crippen LogP contribution in [0.3, 0.4) is 0 Å². The van der Waals surface area contributed by atoms with Crippen molar-refractivity contribution in [3.05, 3.63) is 34.9 Å². The van der Waals surface area contributed by atoms with E-state index in [1.165, 1.54) is 27.8 Å². The molecule has 0 aromatic heterocycles.